The van der Waals surface area contributed by atoms with E-state index in [4.69, 9.17) is 14.2 Å². The molecule has 0 amide bonds. The third-order valence-corrected chi connectivity index (χ3v) is 11.1. The summed E-state index contributed by atoms with van der Waals surface area (Å²) >= 11 is 0. The van der Waals surface area contributed by atoms with Gasteiger partial charge in [0.25, 0.3) is 0 Å². The van der Waals surface area contributed by atoms with Gasteiger partial charge in [0.05, 0.1) is 0 Å². The Balaban J connectivity index is 4.51. The van der Waals surface area contributed by atoms with Crippen molar-refractivity contribution in [1.82, 2.24) is 0 Å². The van der Waals surface area contributed by atoms with E-state index in [0.717, 1.165) is 103 Å². The molecule has 0 aromatic carbocycles. The maximum atomic E-state index is 12.8. The first-order chi connectivity index (χ1) is 33.0. The minimum atomic E-state index is -0.809. The fourth-order valence-electron chi connectivity index (χ4n) is 7.11. The molecule has 0 N–H and O–H groups in total. The van der Waals surface area contributed by atoms with Crippen LogP contribution in [0.2, 0.25) is 0 Å². The van der Waals surface area contributed by atoms with Crippen LogP contribution >= 0.6 is 0 Å². The fourth-order valence-corrected chi connectivity index (χ4v) is 7.11. The average molecular weight is 927 g/mol. The first-order valence-corrected chi connectivity index (χ1v) is 27.1. The molecule has 0 aliphatic carbocycles. The second-order valence-electron chi connectivity index (χ2n) is 17.5. The van der Waals surface area contributed by atoms with Gasteiger partial charge in [-0.2, -0.15) is 0 Å². The Kier molecular flexibility index (Phi) is 51.0. The third kappa shape index (κ3) is 52.6. The van der Waals surface area contributed by atoms with Crippen molar-refractivity contribution in [2.75, 3.05) is 13.2 Å². The van der Waals surface area contributed by atoms with Crippen molar-refractivity contribution in [3.8, 4) is 0 Å². The van der Waals surface area contributed by atoms with Gasteiger partial charge in [0.1, 0.15) is 13.2 Å². The molecular weight excluding hydrogens is 829 g/mol. The molecule has 0 aromatic heterocycles. The number of hydrogen-bond donors (Lipinski definition) is 0. The maximum Gasteiger partial charge on any atom is 0.306 e. The summed E-state index contributed by atoms with van der Waals surface area (Å²) in [5, 5.41) is 0. The third-order valence-electron chi connectivity index (χ3n) is 11.1. The lowest BCUT2D eigenvalue weighted by Gasteiger charge is -2.18. The van der Waals surface area contributed by atoms with Crippen molar-refractivity contribution < 1.29 is 28.6 Å². The van der Waals surface area contributed by atoms with Crippen LogP contribution in [-0.4, -0.2) is 37.2 Å². The largest absolute Gasteiger partial charge is 0.462 e. The highest BCUT2D eigenvalue weighted by Gasteiger charge is 2.19. The van der Waals surface area contributed by atoms with E-state index >= 15 is 0 Å². The monoisotopic (exact) mass is 927 g/mol. The molecule has 0 rings (SSSR count). The van der Waals surface area contributed by atoms with Crippen molar-refractivity contribution in [2.24, 2.45) is 0 Å². The zero-order valence-electron chi connectivity index (χ0n) is 43.1. The van der Waals surface area contributed by atoms with Crippen molar-refractivity contribution >= 4 is 17.9 Å². The minimum Gasteiger partial charge on any atom is -0.462 e. The predicted molar refractivity (Wildman–Crippen MR) is 288 cm³/mol. The van der Waals surface area contributed by atoms with Crippen molar-refractivity contribution in [3.63, 3.8) is 0 Å². The summed E-state index contributed by atoms with van der Waals surface area (Å²) in [6, 6.07) is 0. The normalized spacial score (nSPS) is 13.1. The van der Waals surface area contributed by atoms with Crippen molar-refractivity contribution in [2.45, 2.75) is 232 Å². The first kappa shape index (κ1) is 62.8. The summed E-state index contributed by atoms with van der Waals surface area (Å²) in [4.78, 5) is 38.1. The zero-order chi connectivity index (χ0) is 48.6. The zero-order valence-corrected chi connectivity index (χ0v) is 43.1. The smallest absolute Gasteiger partial charge is 0.306 e. The molecule has 67 heavy (non-hydrogen) atoms. The van der Waals surface area contributed by atoms with E-state index < -0.39 is 6.10 Å². The molecule has 0 spiro atoms. The summed E-state index contributed by atoms with van der Waals surface area (Å²) in [7, 11) is 0. The van der Waals surface area contributed by atoms with E-state index in [9.17, 15) is 14.4 Å². The standard InChI is InChI=1S/C61H98O6/c1-4-7-10-13-16-19-22-25-27-29-30-32-33-36-39-42-45-48-51-54-60(63)66-57-58(56-65-59(62)53-50-47-44-41-38-35-24-21-18-15-12-9-6-3)67-61(64)55-52-49-46-43-40-37-34-31-28-26-23-20-17-14-11-8-5-2/h7-8,10-11,14,16-17,19-20,23,25-28,30-32,34,37,40,58H,4-6,9,12-13,15,18,21-22,24,29,33,35-36,38-39,41-57H2,1-3H3/b10-7-,11-8-,17-14-,19-16-,23-20-,27-25-,28-26-,32-30-,34-31+,40-37-. The summed E-state index contributed by atoms with van der Waals surface area (Å²) in [5.74, 6) is -0.964. The van der Waals surface area contributed by atoms with Crippen LogP contribution in [0.5, 0.6) is 0 Å². The molecular formula is C61H98O6. The molecule has 6 nitrogen and oxygen atoms in total. The Morgan fingerprint density at radius 2 is 0.657 bits per heavy atom. The highest BCUT2D eigenvalue weighted by Crippen LogP contribution is 2.15. The van der Waals surface area contributed by atoms with Crippen LogP contribution in [0.3, 0.4) is 0 Å². The quantitative estimate of drug-likeness (QED) is 0.0199. The molecule has 0 saturated heterocycles. The number of esters is 3. The Bertz CT molecular complexity index is 1440. The number of carbonyl (C=O) groups excluding carboxylic acids is 3. The summed E-state index contributed by atoms with van der Waals surface area (Å²) in [6.45, 7) is 6.32. The van der Waals surface area contributed by atoms with E-state index in [1.54, 1.807) is 0 Å². The fraction of sp³-hybridized carbons (Fsp3) is 0.623. The van der Waals surface area contributed by atoms with E-state index in [-0.39, 0.29) is 37.5 Å². The van der Waals surface area contributed by atoms with Gasteiger partial charge < -0.3 is 14.2 Å². The van der Waals surface area contributed by atoms with Crippen LogP contribution in [0.4, 0.5) is 0 Å². The van der Waals surface area contributed by atoms with Crippen molar-refractivity contribution in [3.05, 3.63) is 122 Å². The number of ether oxygens (including phenoxy) is 3. The number of hydrogen-bond acceptors (Lipinski definition) is 6. The van der Waals surface area contributed by atoms with E-state index in [2.05, 4.69) is 81.5 Å². The summed E-state index contributed by atoms with van der Waals surface area (Å²) in [6.07, 6.45) is 74.6. The molecule has 0 aliphatic rings. The molecule has 0 radical (unpaired) electrons. The lowest BCUT2D eigenvalue weighted by molar-refractivity contribution is -0.167. The van der Waals surface area contributed by atoms with Gasteiger partial charge in [0.15, 0.2) is 6.10 Å². The lowest BCUT2D eigenvalue weighted by atomic mass is 10.0. The van der Waals surface area contributed by atoms with Gasteiger partial charge in [-0.3, -0.25) is 14.4 Å². The van der Waals surface area contributed by atoms with Crippen LogP contribution in [0, 0.1) is 0 Å². The Labute approximate surface area is 412 Å². The number of rotatable bonds is 47. The van der Waals surface area contributed by atoms with E-state index in [1.165, 1.54) is 77.0 Å². The number of unbranched alkanes of at least 4 members (excludes halogenated alkanes) is 21. The summed E-state index contributed by atoms with van der Waals surface area (Å²) < 4.78 is 16.8. The van der Waals surface area contributed by atoms with E-state index in [0.29, 0.717) is 19.3 Å². The van der Waals surface area contributed by atoms with Gasteiger partial charge >= 0.3 is 17.9 Å². The molecule has 1 atom stereocenters. The van der Waals surface area contributed by atoms with Gasteiger partial charge in [-0.05, 0) is 77.0 Å². The Hall–Kier alpha value is -4.19. The molecule has 6 heteroatoms. The molecule has 0 bridgehead atoms. The molecule has 0 fully saturated rings. The highest BCUT2D eigenvalue weighted by molar-refractivity contribution is 5.71. The Morgan fingerprint density at radius 3 is 1.10 bits per heavy atom. The van der Waals surface area contributed by atoms with Gasteiger partial charge in [-0.1, -0.05) is 251 Å². The molecule has 0 heterocycles. The topological polar surface area (TPSA) is 78.9 Å². The van der Waals surface area contributed by atoms with Gasteiger partial charge in [-0.25, -0.2) is 0 Å². The average Bonchev–Trinajstić information content (AvgIpc) is 3.33. The van der Waals surface area contributed by atoms with Crippen LogP contribution in [0.15, 0.2) is 122 Å². The van der Waals surface area contributed by atoms with E-state index in [1.807, 2.05) is 60.8 Å². The van der Waals surface area contributed by atoms with Crippen LogP contribution < -0.4 is 0 Å². The van der Waals surface area contributed by atoms with Crippen molar-refractivity contribution in [1.29, 1.82) is 0 Å². The molecule has 0 aromatic rings. The Morgan fingerprint density at radius 1 is 0.328 bits per heavy atom. The lowest BCUT2D eigenvalue weighted by Crippen LogP contribution is -2.30. The van der Waals surface area contributed by atoms with Crippen LogP contribution in [0.1, 0.15) is 226 Å². The maximum absolute atomic E-state index is 12.8. The van der Waals surface area contributed by atoms with Gasteiger partial charge in [-0.15, -0.1) is 0 Å². The first-order valence-electron chi connectivity index (χ1n) is 27.1. The highest BCUT2D eigenvalue weighted by atomic mass is 16.6. The van der Waals surface area contributed by atoms with Gasteiger partial charge in [0.2, 0.25) is 0 Å². The SMILES string of the molecule is CC\C=C/C=C\C=C/C=C\C=C\C=C/CCCCCC(=O)OC(COC(=O)CCCCCCCC/C=C\C/C=C\C/C=C\C/C=C\CC)COC(=O)CCCCCCCCCCCCCCC. The molecule has 0 saturated carbocycles. The number of carbonyl (C=O) groups is 3. The second-order valence-corrected chi connectivity index (χ2v) is 17.5. The second kappa shape index (κ2) is 54.4. The van der Waals surface area contributed by atoms with Gasteiger partial charge in [0, 0.05) is 19.3 Å². The number of allylic oxidation sites excluding steroid dienone is 20. The molecule has 378 valence electrons. The van der Waals surface area contributed by atoms with Crippen LogP contribution in [-0.2, 0) is 28.6 Å². The van der Waals surface area contributed by atoms with Crippen LogP contribution in [0.25, 0.3) is 0 Å². The molecule has 0 aliphatic heterocycles. The summed E-state index contributed by atoms with van der Waals surface area (Å²) in [5.41, 5.74) is 0. The predicted octanol–water partition coefficient (Wildman–Crippen LogP) is 18.1. The minimum absolute atomic E-state index is 0.102. The molecule has 1 unspecified atom stereocenters.